The van der Waals surface area contributed by atoms with E-state index in [2.05, 4.69) is 206 Å². The Hall–Kier alpha value is -6.08. The predicted octanol–water partition coefficient (Wildman–Crippen LogP) is 12.5. The predicted molar refractivity (Wildman–Crippen MR) is 282 cm³/mol. The van der Waals surface area contributed by atoms with Gasteiger partial charge in [0.05, 0.1) is 0 Å². The van der Waals surface area contributed by atoms with Crippen molar-refractivity contribution < 1.29 is 44.8 Å². The fourth-order valence-corrected chi connectivity index (χ4v) is 14.4. The topological polar surface area (TPSA) is 0 Å². The Morgan fingerprint density at radius 3 is 0.833 bits per heavy atom. The van der Waals surface area contributed by atoms with Crippen molar-refractivity contribution in [2.24, 2.45) is 0 Å². The van der Waals surface area contributed by atoms with Crippen LogP contribution in [-0.4, -0.2) is 0 Å². The number of benzene rings is 11. The van der Waals surface area contributed by atoms with Gasteiger partial charge in [-0.2, -0.15) is 0 Å². The molecule has 0 fully saturated rings. The van der Waals surface area contributed by atoms with Crippen molar-refractivity contribution in [3.63, 3.8) is 0 Å². The number of hydrogen-bond acceptors (Lipinski definition) is 0. The van der Waals surface area contributed by atoms with Gasteiger partial charge in [-0.15, -0.1) is 35.4 Å². The number of rotatable bonds is 6. The van der Waals surface area contributed by atoms with Crippen molar-refractivity contribution in [3.8, 4) is 11.8 Å². The second-order valence-corrected chi connectivity index (χ2v) is 20.3. The van der Waals surface area contributed by atoms with Gasteiger partial charge in [0.2, 0.25) is 0 Å². The second kappa shape index (κ2) is 23.4. The van der Waals surface area contributed by atoms with Crippen molar-refractivity contribution in [1.29, 1.82) is 0 Å². The molecule has 0 amide bonds. The van der Waals surface area contributed by atoms with E-state index >= 15 is 0 Å². The van der Waals surface area contributed by atoms with E-state index in [1.54, 1.807) is 0 Å². The minimum Gasteiger partial charge on any atom is -0.366 e. The van der Waals surface area contributed by atoms with E-state index in [4.69, 9.17) is 12.8 Å². The summed E-state index contributed by atoms with van der Waals surface area (Å²) in [4.78, 5) is 0. The number of fused-ring (bicyclic) bond motifs is 6. The number of hydrogen-bond donors (Lipinski definition) is 0. The normalized spacial score (nSPS) is 10.4. The van der Waals surface area contributed by atoms with Crippen LogP contribution in [0.5, 0.6) is 0 Å². The molecule has 0 saturated heterocycles. The Morgan fingerprint density at radius 1 is 0.258 bits per heavy atom. The van der Waals surface area contributed by atoms with Gasteiger partial charge in [0, 0.05) is 0 Å². The summed E-state index contributed by atoms with van der Waals surface area (Å²) < 4.78 is 0. The van der Waals surface area contributed by atoms with E-state index in [1.807, 2.05) is 60.7 Å². The molecule has 0 N–H and O–H groups in total. The third-order valence-electron chi connectivity index (χ3n) is 11.5. The molecule has 0 atom stereocenters. The van der Waals surface area contributed by atoms with Crippen molar-refractivity contribution in [2.45, 2.75) is 0 Å². The third-order valence-corrected chi connectivity index (χ3v) is 17.3. The Bertz CT molecular complexity index is 3110. The van der Waals surface area contributed by atoms with Crippen LogP contribution >= 0.6 is 15.8 Å². The zero-order chi connectivity index (χ0) is 43.5. The fourth-order valence-electron chi connectivity index (χ4n) is 8.45. The van der Waals surface area contributed by atoms with E-state index in [0.29, 0.717) is 0 Å². The Labute approximate surface area is 422 Å². The smallest absolute Gasteiger partial charge is 0.366 e. The minimum absolute atomic E-state index is 0. The molecule has 0 aliphatic carbocycles. The summed E-state index contributed by atoms with van der Waals surface area (Å²) in [6, 6.07) is 90.5. The summed E-state index contributed by atoms with van der Waals surface area (Å²) in [5, 5.41) is 18.4. The molecule has 4 heteroatoms. The summed E-state index contributed by atoms with van der Waals surface area (Å²) in [6.07, 6.45) is 14.4. The summed E-state index contributed by atoms with van der Waals surface area (Å²) in [7, 11) is -2.28. The molecule has 0 aliphatic heterocycles. The van der Waals surface area contributed by atoms with Crippen molar-refractivity contribution in [2.75, 3.05) is 0 Å². The van der Waals surface area contributed by atoms with Crippen LogP contribution in [0.1, 0.15) is 11.1 Å². The van der Waals surface area contributed by atoms with Gasteiger partial charge in [-0.1, -0.05) is 170 Å². The van der Waals surface area contributed by atoms with Crippen LogP contribution in [0.2, 0.25) is 0 Å². The average molecular weight is 1070 g/mol. The molecule has 322 valence electrons. The van der Waals surface area contributed by atoms with Crippen LogP contribution in [0, 0.1) is 24.7 Å². The fraction of sp³-hybridized carbons (Fsp3) is 0. The van der Waals surface area contributed by atoms with Gasteiger partial charge >= 0.3 is 44.8 Å². The van der Waals surface area contributed by atoms with E-state index in [1.165, 1.54) is 74.9 Å². The van der Waals surface area contributed by atoms with Crippen molar-refractivity contribution >= 4 is 90.8 Å². The molecule has 0 spiro atoms. The molecule has 11 rings (SSSR count). The van der Waals surface area contributed by atoms with Gasteiger partial charge in [-0.25, -0.2) is 0 Å². The van der Waals surface area contributed by atoms with Gasteiger partial charge in [0.25, 0.3) is 0 Å². The first-order valence-corrected chi connectivity index (χ1v) is 24.4. The van der Waals surface area contributed by atoms with Crippen molar-refractivity contribution in [1.82, 2.24) is 0 Å². The zero-order valence-corrected chi connectivity index (χ0v) is 40.8. The monoisotopic (exact) mass is 1060 g/mol. The van der Waals surface area contributed by atoms with E-state index < -0.39 is 15.8 Å². The van der Waals surface area contributed by atoms with E-state index in [0.717, 1.165) is 11.1 Å². The first kappa shape index (κ1) is 47.9. The van der Waals surface area contributed by atoms with Gasteiger partial charge in [-0.3, -0.25) is 11.8 Å². The molecule has 0 bridgehead atoms. The van der Waals surface area contributed by atoms with E-state index in [9.17, 15) is 0 Å². The molecule has 0 unspecified atom stereocenters. The van der Waals surface area contributed by atoms with E-state index in [-0.39, 0.29) is 44.8 Å². The molecule has 0 aliphatic rings. The minimum atomic E-state index is -1.14. The maximum Gasteiger partial charge on any atom is 1.00 e. The largest absolute Gasteiger partial charge is 1.00 e. The van der Waals surface area contributed by atoms with Crippen LogP contribution in [0.3, 0.4) is 0 Å². The quantitative estimate of drug-likeness (QED) is 0.0512. The maximum atomic E-state index is 7.18. The Kier molecular flexibility index (Phi) is 17.0. The van der Waals surface area contributed by atoms with Crippen LogP contribution in [-0.2, 0) is 44.8 Å². The summed E-state index contributed by atoms with van der Waals surface area (Å²) >= 11 is 0. The van der Waals surface area contributed by atoms with Gasteiger partial charge in [0.15, 0.2) is 0 Å². The summed E-state index contributed by atoms with van der Waals surface area (Å²) in [5.74, 6) is 4.87. The SMILES string of the molecule is [Ag+].[Ag+].[C-]#Cc1ccc2ccc3ccccc3c2c1.[C-]#Cc1ccc2ccc3ccccc3c2c1.c1ccc([PH+](c2ccccc2)c2ccccc2[PH+](c2ccccc2)c2ccccc2)cc1. The molecular weight excluding hydrogens is 1020 g/mol. The Balaban J connectivity index is 0.000000160. The Morgan fingerprint density at radius 2 is 0.515 bits per heavy atom. The van der Waals surface area contributed by atoms with Crippen LogP contribution < -0.4 is 31.8 Å². The van der Waals surface area contributed by atoms with Crippen LogP contribution in [0.15, 0.2) is 255 Å². The molecule has 0 heterocycles. The molecular formula is C62H44Ag2P2+2. The van der Waals surface area contributed by atoms with Crippen LogP contribution in [0.4, 0.5) is 0 Å². The zero-order valence-electron chi connectivity index (χ0n) is 35.9. The van der Waals surface area contributed by atoms with Crippen LogP contribution in [0.25, 0.3) is 43.1 Å². The molecule has 11 aromatic carbocycles. The molecule has 0 saturated carbocycles. The van der Waals surface area contributed by atoms with Gasteiger partial charge in [-0.05, 0) is 104 Å². The third kappa shape index (κ3) is 10.9. The van der Waals surface area contributed by atoms with Gasteiger partial charge < -0.3 is 12.8 Å². The molecule has 11 aromatic rings. The molecule has 0 nitrogen and oxygen atoms in total. The first-order chi connectivity index (χ1) is 31.7. The van der Waals surface area contributed by atoms with Crippen molar-refractivity contribution in [3.05, 3.63) is 279 Å². The molecule has 0 aromatic heterocycles. The summed E-state index contributed by atoms with van der Waals surface area (Å²) in [6.45, 7) is 0. The summed E-state index contributed by atoms with van der Waals surface area (Å²) in [5.41, 5.74) is 1.65. The second-order valence-electron chi connectivity index (χ2n) is 15.5. The molecule has 66 heavy (non-hydrogen) atoms. The first-order valence-electron chi connectivity index (χ1n) is 21.4. The molecule has 0 radical (unpaired) electrons. The maximum absolute atomic E-state index is 7.18. The average Bonchev–Trinajstić information content (AvgIpc) is 3.38. The standard InChI is InChI=1S/C30H24P2.2C16H9.2Ag/c1-5-15-25(16-6-1)31(26-17-7-2-8-18-26)29-23-13-14-24-30(29)32(27-19-9-3-10-20-27)28-21-11-4-12-22-28;2*1-2-12-7-8-14-10-9-13-5-3-4-6-15(13)16(14)11-12;;/h1-24H;2*3-11H;;/q;2*-1;2*+1/p+2. The van der Waals surface area contributed by atoms with Gasteiger partial charge in [0.1, 0.15) is 47.7 Å².